The third-order valence-corrected chi connectivity index (χ3v) is 2.61. The van der Waals surface area contributed by atoms with E-state index in [0.29, 0.717) is 24.7 Å². The number of nitrogen functional groups attached to an aromatic ring is 2. The number of para-hydroxylation sites is 1. The van der Waals surface area contributed by atoms with Gasteiger partial charge in [0.2, 0.25) is 0 Å². The summed E-state index contributed by atoms with van der Waals surface area (Å²) < 4.78 is 0. The lowest BCUT2D eigenvalue weighted by Gasteiger charge is -2.08. The summed E-state index contributed by atoms with van der Waals surface area (Å²) >= 11 is 0. The summed E-state index contributed by atoms with van der Waals surface area (Å²) in [5.41, 5.74) is 19.6. The first kappa shape index (κ1) is 15.2. The second-order valence-electron chi connectivity index (χ2n) is 4.21. The first-order valence-corrected chi connectivity index (χ1v) is 6.38. The second-order valence-corrected chi connectivity index (χ2v) is 4.21. The minimum absolute atomic E-state index is 0.319. The average Bonchev–Trinajstić information content (AvgIpc) is 2.41. The van der Waals surface area contributed by atoms with E-state index < -0.39 is 0 Å². The Morgan fingerprint density at radius 3 is 2.53 bits per heavy atom. The molecule has 0 fully saturated rings. The highest BCUT2D eigenvalue weighted by molar-refractivity contribution is 5.92. The fourth-order valence-electron chi connectivity index (χ4n) is 1.73. The number of aliphatic hydroxyl groups excluding tert-OH is 1. The maximum atomic E-state index is 7.88. The van der Waals surface area contributed by atoms with E-state index in [4.69, 9.17) is 22.3 Å². The molecule has 0 aliphatic carbocycles. The van der Waals surface area contributed by atoms with E-state index in [1.165, 1.54) is 0 Å². The van der Waals surface area contributed by atoms with Crippen LogP contribution in [0.2, 0.25) is 0 Å². The molecule has 19 heavy (non-hydrogen) atoms. The molecule has 0 radical (unpaired) electrons. The van der Waals surface area contributed by atoms with E-state index in [-0.39, 0.29) is 0 Å². The third-order valence-electron chi connectivity index (χ3n) is 2.61. The maximum Gasteiger partial charge on any atom is 0.124 e. The number of aliphatic hydroxyl groups is 1. The topological polar surface area (TPSA) is 111 Å². The van der Waals surface area contributed by atoms with E-state index in [2.05, 4.69) is 4.98 Å². The van der Waals surface area contributed by atoms with Crippen LogP contribution in [0.15, 0.2) is 24.3 Å². The number of hydrogen-bond acceptors (Lipinski definition) is 5. The Balaban J connectivity index is 0.000000399. The lowest BCUT2D eigenvalue weighted by molar-refractivity contribution is 0.295. The van der Waals surface area contributed by atoms with Crippen LogP contribution < -0.4 is 17.2 Å². The number of nitrogens with two attached hydrogens (primary N) is 3. The van der Waals surface area contributed by atoms with Crippen molar-refractivity contribution < 1.29 is 5.11 Å². The monoisotopic (exact) mass is 262 g/mol. The Hall–Kier alpha value is -1.85. The first-order chi connectivity index (χ1) is 9.13. The predicted molar refractivity (Wildman–Crippen MR) is 80.7 cm³/mol. The van der Waals surface area contributed by atoms with Gasteiger partial charge in [0.1, 0.15) is 5.82 Å². The molecule has 0 saturated carbocycles. The molecule has 7 N–H and O–H groups in total. The number of nitrogens with zero attached hydrogens (tertiary/aromatic N) is 1. The van der Waals surface area contributed by atoms with Crippen molar-refractivity contribution in [2.75, 3.05) is 24.6 Å². The Morgan fingerprint density at radius 1 is 1.26 bits per heavy atom. The van der Waals surface area contributed by atoms with Gasteiger partial charge in [-0.1, -0.05) is 19.1 Å². The zero-order chi connectivity index (χ0) is 14.3. The molecule has 104 valence electrons. The van der Waals surface area contributed by atoms with Crippen molar-refractivity contribution in [3.63, 3.8) is 0 Å². The van der Waals surface area contributed by atoms with Crippen molar-refractivity contribution in [2.45, 2.75) is 19.8 Å². The first-order valence-electron chi connectivity index (χ1n) is 6.38. The lowest BCUT2D eigenvalue weighted by Crippen LogP contribution is -2.05. The zero-order valence-electron chi connectivity index (χ0n) is 11.3. The highest BCUT2D eigenvalue weighted by atomic mass is 16.2. The van der Waals surface area contributed by atoms with Crippen molar-refractivity contribution >= 4 is 22.4 Å². The molecule has 2 aromatic rings. The molecule has 0 atom stereocenters. The largest absolute Gasteiger partial charge is 0.397 e. The van der Waals surface area contributed by atoms with Crippen molar-refractivity contribution in [1.82, 2.24) is 4.98 Å². The van der Waals surface area contributed by atoms with Crippen molar-refractivity contribution in [3.8, 4) is 0 Å². The molecule has 1 aromatic carbocycles. The van der Waals surface area contributed by atoms with Gasteiger partial charge in [-0.3, -0.25) is 0 Å². The van der Waals surface area contributed by atoms with Crippen LogP contribution >= 0.6 is 0 Å². The van der Waals surface area contributed by atoms with Crippen molar-refractivity contribution in [1.29, 1.82) is 0 Å². The number of benzene rings is 1. The maximum absolute atomic E-state index is 7.88. The quantitative estimate of drug-likeness (QED) is 0.623. The molecule has 0 spiro atoms. The number of rotatable bonds is 3. The fraction of sp³-hybridized carbons (Fsp3) is 0.357. The van der Waals surface area contributed by atoms with E-state index in [9.17, 15) is 0 Å². The SMILES string of the molecule is CCCO.NCCc1cc(N)nc2c(N)cccc12. The number of fused-ring (bicyclic) bond motifs is 1. The van der Waals surface area contributed by atoms with Gasteiger partial charge >= 0.3 is 0 Å². The van der Waals surface area contributed by atoms with Gasteiger partial charge in [0, 0.05) is 12.0 Å². The molecule has 5 nitrogen and oxygen atoms in total. The van der Waals surface area contributed by atoms with E-state index in [1.54, 1.807) is 0 Å². The molecule has 0 aliphatic heterocycles. The molecule has 0 saturated heterocycles. The number of anilines is 2. The number of pyridine rings is 1. The Kier molecular flexibility index (Phi) is 6.05. The predicted octanol–water partition coefficient (Wildman–Crippen LogP) is 1.29. The summed E-state index contributed by atoms with van der Waals surface area (Å²) in [4.78, 5) is 4.23. The molecule has 1 heterocycles. The summed E-state index contributed by atoms with van der Waals surface area (Å²) in [6.07, 6.45) is 1.66. The van der Waals surface area contributed by atoms with E-state index in [1.807, 2.05) is 31.2 Å². The minimum atomic E-state index is 0.319. The molecule has 2 rings (SSSR count). The van der Waals surface area contributed by atoms with Crippen LogP contribution in [0.5, 0.6) is 0 Å². The Labute approximate surface area is 113 Å². The van der Waals surface area contributed by atoms with E-state index >= 15 is 0 Å². The summed E-state index contributed by atoms with van der Waals surface area (Å²) in [6.45, 7) is 2.84. The molecule has 0 bridgehead atoms. The highest BCUT2D eigenvalue weighted by Gasteiger charge is 2.05. The molecule has 0 unspecified atom stereocenters. The van der Waals surface area contributed by atoms with Crippen LogP contribution in [0.3, 0.4) is 0 Å². The molecule has 0 aliphatic rings. The minimum Gasteiger partial charge on any atom is -0.397 e. The number of hydrogen-bond donors (Lipinski definition) is 4. The van der Waals surface area contributed by atoms with Gasteiger partial charge in [0.05, 0.1) is 11.2 Å². The molecule has 5 heteroatoms. The van der Waals surface area contributed by atoms with Gasteiger partial charge in [-0.15, -0.1) is 0 Å². The van der Waals surface area contributed by atoms with Gasteiger partial charge in [0.25, 0.3) is 0 Å². The van der Waals surface area contributed by atoms with Crippen LogP contribution in [-0.4, -0.2) is 23.2 Å². The third kappa shape index (κ3) is 4.08. The fourth-order valence-corrected chi connectivity index (χ4v) is 1.73. The van der Waals surface area contributed by atoms with E-state index in [0.717, 1.165) is 29.3 Å². The Bertz CT molecular complexity index is 526. The van der Waals surface area contributed by atoms with Gasteiger partial charge in [-0.2, -0.15) is 0 Å². The van der Waals surface area contributed by atoms with Crippen LogP contribution in [0, 0.1) is 0 Å². The van der Waals surface area contributed by atoms with Crippen molar-refractivity contribution in [2.24, 2.45) is 5.73 Å². The Morgan fingerprint density at radius 2 is 1.95 bits per heavy atom. The molecular formula is C14H22N4O. The molecule has 1 aromatic heterocycles. The van der Waals surface area contributed by atoms with Crippen LogP contribution in [0.1, 0.15) is 18.9 Å². The molecular weight excluding hydrogens is 240 g/mol. The van der Waals surface area contributed by atoms with Crippen molar-refractivity contribution in [3.05, 3.63) is 29.8 Å². The summed E-state index contributed by atoms with van der Waals surface area (Å²) in [6, 6.07) is 7.58. The zero-order valence-corrected chi connectivity index (χ0v) is 11.3. The molecule has 0 amide bonds. The normalized spacial score (nSPS) is 10.1. The average molecular weight is 262 g/mol. The van der Waals surface area contributed by atoms with Gasteiger partial charge in [-0.25, -0.2) is 4.98 Å². The van der Waals surface area contributed by atoms with Gasteiger partial charge in [0.15, 0.2) is 0 Å². The highest BCUT2D eigenvalue weighted by Crippen LogP contribution is 2.24. The summed E-state index contributed by atoms with van der Waals surface area (Å²) in [7, 11) is 0. The van der Waals surface area contributed by atoms with Crippen LogP contribution in [-0.2, 0) is 6.42 Å². The van der Waals surface area contributed by atoms with Crippen LogP contribution in [0.4, 0.5) is 11.5 Å². The van der Waals surface area contributed by atoms with Gasteiger partial charge in [-0.05, 0) is 37.1 Å². The van der Waals surface area contributed by atoms with Gasteiger partial charge < -0.3 is 22.3 Å². The smallest absolute Gasteiger partial charge is 0.124 e. The lowest BCUT2D eigenvalue weighted by atomic mass is 10.1. The standard InChI is InChI=1S/C11H14N4.C3H8O/c12-5-4-7-6-10(14)15-11-8(7)2-1-3-9(11)13;1-2-3-4/h1-3,6H,4-5,12-13H2,(H2,14,15);4H,2-3H2,1H3. The second kappa shape index (κ2) is 7.56. The van der Waals surface area contributed by atoms with Crippen LogP contribution in [0.25, 0.3) is 10.9 Å². The summed E-state index contributed by atoms with van der Waals surface area (Å²) in [5, 5.41) is 8.91. The number of aromatic nitrogens is 1. The summed E-state index contributed by atoms with van der Waals surface area (Å²) in [5.74, 6) is 0.490.